The van der Waals surface area contributed by atoms with Gasteiger partial charge in [0.25, 0.3) is 0 Å². The summed E-state index contributed by atoms with van der Waals surface area (Å²) in [5, 5.41) is 3.64. The minimum atomic E-state index is 0.0103. The second-order valence-corrected chi connectivity index (χ2v) is 5.75. The van der Waals surface area contributed by atoms with Crippen molar-refractivity contribution in [2.45, 2.75) is 44.8 Å². The number of pyridine rings is 1. The van der Waals surface area contributed by atoms with E-state index in [0.717, 1.165) is 37.4 Å². The van der Waals surface area contributed by atoms with E-state index in [1.807, 2.05) is 31.3 Å². The fraction of sp³-hybridized carbons (Fsp3) is 0.667. The number of rotatable bonds is 4. The highest BCUT2D eigenvalue weighted by molar-refractivity contribution is 5.65. The largest absolute Gasteiger partial charge is 0.379 e. The van der Waals surface area contributed by atoms with Crippen LogP contribution < -0.4 is 10.2 Å². The van der Waals surface area contributed by atoms with Gasteiger partial charge in [0.05, 0.1) is 11.3 Å². The summed E-state index contributed by atoms with van der Waals surface area (Å²) in [7, 11) is 4.04. The first-order valence-corrected chi connectivity index (χ1v) is 7.07. The molecule has 106 valence electrons. The van der Waals surface area contributed by atoms with Crippen molar-refractivity contribution in [2.24, 2.45) is 0 Å². The first kappa shape index (κ1) is 14.1. The SMILES string of the molecule is CCC1(C)CC(Nc2cccnc2N(C)C)CCO1. The summed E-state index contributed by atoms with van der Waals surface area (Å²) in [6.07, 6.45) is 4.99. The number of hydrogen-bond acceptors (Lipinski definition) is 4. The molecule has 0 aromatic carbocycles. The quantitative estimate of drug-likeness (QED) is 0.906. The van der Waals surface area contributed by atoms with Crippen molar-refractivity contribution >= 4 is 11.5 Å². The average molecular weight is 263 g/mol. The molecule has 0 aliphatic carbocycles. The second-order valence-electron chi connectivity index (χ2n) is 5.75. The monoisotopic (exact) mass is 263 g/mol. The fourth-order valence-electron chi connectivity index (χ4n) is 2.59. The Morgan fingerprint density at radius 2 is 2.32 bits per heavy atom. The molecule has 1 aliphatic heterocycles. The van der Waals surface area contributed by atoms with E-state index in [2.05, 4.69) is 30.2 Å². The van der Waals surface area contributed by atoms with E-state index in [9.17, 15) is 0 Å². The summed E-state index contributed by atoms with van der Waals surface area (Å²) in [5.74, 6) is 0.993. The van der Waals surface area contributed by atoms with Gasteiger partial charge < -0.3 is 15.0 Å². The van der Waals surface area contributed by atoms with Gasteiger partial charge in [0.1, 0.15) is 0 Å². The minimum absolute atomic E-state index is 0.0103. The zero-order valence-corrected chi connectivity index (χ0v) is 12.4. The van der Waals surface area contributed by atoms with Gasteiger partial charge in [0, 0.05) is 32.9 Å². The lowest BCUT2D eigenvalue weighted by Gasteiger charge is -2.38. The molecule has 2 atom stereocenters. The number of anilines is 2. The Balaban J connectivity index is 2.09. The summed E-state index contributed by atoms with van der Waals surface area (Å²) in [6, 6.07) is 4.54. The Kier molecular flexibility index (Phi) is 4.30. The van der Waals surface area contributed by atoms with Gasteiger partial charge in [-0.2, -0.15) is 0 Å². The molecule has 1 fully saturated rings. The van der Waals surface area contributed by atoms with Gasteiger partial charge >= 0.3 is 0 Å². The van der Waals surface area contributed by atoms with Crippen LogP contribution in [0.2, 0.25) is 0 Å². The molecule has 2 heterocycles. The Hall–Kier alpha value is -1.29. The second kappa shape index (κ2) is 5.78. The summed E-state index contributed by atoms with van der Waals surface area (Å²) < 4.78 is 5.89. The molecule has 0 spiro atoms. The first-order chi connectivity index (χ1) is 9.04. The Labute approximate surface area is 116 Å². The molecule has 0 saturated carbocycles. The highest BCUT2D eigenvalue weighted by Gasteiger charge is 2.31. The minimum Gasteiger partial charge on any atom is -0.379 e. The van der Waals surface area contributed by atoms with Crippen molar-refractivity contribution in [2.75, 3.05) is 30.9 Å². The van der Waals surface area contributed by atoms with Crippen molar-refractivity contribution in [3.63, 3.8) is 0 Å². The van der Waals surface area contributed by atoms with Crippen LogP contribution in [-0.4, -0.2) is 37.3 Å². The molecule has 4 heteroatoms. The smallest absolute Gasteiger partial charge is 0.151 e. The van der Waals surface area contributed by atoms with Crippen LogP contribution in [0.1, 0.15) is 33.1 Å². The molecule has 0 amide bonds. The molecule has 19 heavy (non-hydrogen) atoms. The normalized spacial score (nSPS) is 27.1. The third-order valence-corrected chi connectivity index (χ3v) is 3.91. The third-order valence-electron chi connectivity index (χ3n) is 3.91. The summed E-state index contributed by atoms with van der Waals surface area (Å²) >= 11 is 0. The van der Waals surface area contributed by atoms with E-state index in [1.54, 1.807) is 0 Å². The maximum atomic E-state index is 5.89. The van der Waals surface area contributed by atoms with Crippen LogP contribution in [0.25, 0.3) is 0 Å². The topological polar surface area (TPSA) is 37.4 Å². The van der Waals surface area contributed by atoms with Crippen molar-refractivity contribution in [1.29, 1.82) is 0 Å². The zero-order chi connectivity index (χ0) is 13.9. The number of ether oxygens (including phenoxy) is 1. The van der Waals surface area contributed by atoms with E-state index in [1.165, 1.54) is 0 Å². The molecule has 1 N–H and O–H groups in total. The molecule has 1 aromatic rings. The number of aromatic nitrogens is 1. The highest BCUT2D eigenvalue weighted by Crippen LogP contribution is 2.31. The lowest BCUT2D eigenvalue weighted by atomic mass is 9.90. The van der Waals surface area contributed by atoms with Crippen molar-refractivity contribution in [1.82, 2.24) is 4.98 Å². The maximum Gasteiger partial charge on any atom is 0.151 e. The van der Waals surface area contributed by atoms with E-state index in [0.29, 0.717) is 6.04 Å². The number of nitrogens with zero attached hydrogens (tertiary/aromatic N) is 2. The van der Waals surface area contributed by atoms with E-state index in [-0.39, 0.29) is 5.60 Å². The zero-order valence-electron chi connectivity index (χ0n) is 12.4. The van der Waals surface area contributed by atoms with Crippen molar-refractivity contribution in [3.8, 4) is 0 Å². The summed E-state index contributed by atoms with van der Waals surface area (Å²) in [4.78, 5) is 6.47. The lowest BCUT2D eigenvalue weighted by molar-refractivity contribution is -0.0708. The van der Waals surface area contributed by atoms with Crippen LogP contribution in [0.5, 0.6) is 0 Å². The van der Waals surface area contributed by atoms with Gasteiger partial charge in [-0.15, -0.1) is 0 Å². The molecule has 1 aliphatic rings. The van der Waals surface area contributed by atoms with Crippen molar-refractivity contribution in [3.05, 3.63) is 18.3 Å². The molecule has 2 unspecified atom stereocenters. The molecule has 2 rings (SSSR count). The molecule has 0 bridgehead atoms. The number of nitrogens with one attached hydrogen (secondary N) is 1. The van der Waals surface area contributed by atoms with Crippen LogP contribution in [0.15, 0.2) is 18.3 Å². The predicted molar refractivity (Wildman–Crippen MR) is 79.9 cm³/mol. The van der Waals surface area contributed by atoms with Gasteiger partial charge in [-0.1, -0.05) is 6.92 Å². The standard InChI is InChI=1S/C15H25N3O/c1-5-15(2)11-12(8-10-19-15)17-13-7-6-9-16-14(13)18(3)4/h6-7,9,12,17H,5,8,10-11H2,1-4H3. The van der Waals surface area contributed by atoms with Crippen molar-refractivity contribution < 1.29 is 4.74 Å². The predicted octanol–water partition coefficient (Wildman–Crippen LogP) is 2.91. The van der Waals surface area contributed by atoms with Crippen LogP contribution in [0.3, 0.4) is 0 Å². The Morgan fingerprint density at radius 1 is 1.53 bits per heavy atom. The lowest BCUT2D eigenvalue weighted by Crippen LogP contribution is -2.42. The van der Waals surface area contributed by atoms with Crippen LogP contribution >= 0.6 is 0 Å². The van der Waals surface area contributed by atoms with Gasteiger partial charge in [0.2, 0.25) is 0 Å². The van der Waals surface area contributed by atoms with Gasteiger partial charge in [0.15, 0.2) is 5.82 Å². The molecular weight excluding hydrogens is 238 g/mol. The molecule has 1 saturated heterocycles. The maximum absolute atomic E-state index is 5.89. The highest BCUT2D eigenvalue weighted by atomic mass is 16.5. The molecule has 0 radical (unpaired) electrons. The Morgan fingerprint density at radius 3 is 3.00 bits per heavy atom. The van der Waals surface area contributed by atoms with Crippen LogP contribution in [0.4, 0.5) is 11.5 Å². The molecular formula is C15H25N3O. The van der Waals surface area contributed by atoms with E-state index >= 15 is 0 Å². The first-order valence-electron chi connectivity index (χ1n) is 7.07. The van der Waals surface area contributed by atoms with E-state index in [4.69, 9.17) is 4.74 Å². The van der Waals surface area contributed by atoms with Crippen LogP contribution in [0, 0.1) is 0 Å². The third kappa shape index (κ3) is 3.38. The average Bonchev–Trinajstić information content (AvgIpc) is 2.39. The van der Waals surface area contributed by atoms with Gasteiger partial charge in [-0.05, 0) is 38.3 Å². The van der Waals surface area contributed by atoms with Gasteiger partial charge in [-0.3, -0.25) is 0 Å². The molecule has 1 aromatic heterocycles. The van der Waals surface area contributed by atoms with E-state index < -0.39 is 0 Å². The molecule has 4 nitrogen and oxygen atoms in total. The number of hydrogen-bond donors (Lipinski definition) is 1. The fourth-order valence-corrected chi connectivity index (χ4v) is 2.59. The Bertz CT molecular complexity index is 422. The van der Waals surface area contributed by atoms with Gasteiger partial charge in [-0.25, -0.2) is 4.98 Å². The summed E-state index contributed by atoms with van der Waals surface area (Å²) in [5.41, 5.74) is 1.12. The summed E-state index contributed by atoms with van der Waals surface area (Å²) in [6.45, 7) is 5.23. The van der Waals surface area contributed by atoms with Crippen LogP contribution in [-0.2, 0) is 4.74 Å².